The van der Waals surface area contributed by atoms with Crippen LogP contribution < -0.4 is 15.4 Å². The van der Waals surface area contributed by atoms with Gasteiger partial charge in [-0.25, -0.2) is 0 Å². The summed E-state index contributed by atoms with van der Waals surface area (Å²) in [6.45, 7) is 1.10. The number of amides is 1. The maximum absolute atomic E-state index is 11.6. The predicted molar refractivity (Wildman–Crippen MR) is 74.9 cm³/mol. The van der Waals surface area contributed by atoms with E-state index in [1.54, 1.807) is 7.11 Å². The van der Waals surface area contributed by atoms with Gasteiger partial charge in [-0.2, -0.15) is 0 Å². The van der Waals surface area contributed by atoms with Crippen molar-refractivity contribution in [2.45, 2.75) is 12.8 Å². The Morgan fingerprint density at radius 1 is 1.50 bits per heavy atom. The number of nitrogens with one attached hydrogen (secondary N) is 2. The van der Waals surface area contributed by atoms with Gasteiger partial charge in [-0.05, 0) is 46.8 Å². The summed E-state index contributed by atoms with van der Waals surface area (Å²) in [6, 6.07) is 5.66. The van der Waals surface area contributed by atoms with Crippen molar-refractivity contribution >= 4 is 27.5 Å². The lowest BCUT2D eigenvalue weighted by molar-refractivity contribution is -0.119. The molecular weight excluding hydrogens is 296 g/mol. The molecule has 1 amide bonds. The van der Waals surface area contributed by atoms with Crippen molar-refractivity contribution in [2.75, 3.05) is 25.5 Å². The van der Waals surface area contributed by atoms with E-state index in [1.165, 1.54) is 12.8 Å². The summed E-state index contributed by atoms with van der Waals surface area (Å²) < 4.78 is 6.09. The van der Waals surface area contributed by atoms with Crippen LogP contribution in [-0.4, -0.2) is 26.1 Å². The second-order valence-electron chi connectivity index (χ2n) is 4.45. The molecule has 2 N–H and O–H groups in total. The van der Waals surface area contributed by atoms with Crippen molar-refractivity contribution in [2.24, 2.45) is 5.92 Å². The van der Waals surface area contributed by atoms with Gasteiger partial charge in [0.25, 0.3) is 0 Å². The van der Waals surface area contributed by atoms with Crippen LogP contribution in [0, 0.1) is 5.92 Å². The minimum Gasteiger partial charge on any atom is -0.495 e. The van der Waals surface area contributed by atoms with Gasteiger partial charge in [0.2, 0.25) is 5.91 Å². The number of methoxy groups -OCH3 is 1. The standard InChI is InChI=1S/C13H17BrN2O2/c1-18-12-6-10(4-5-11(12)14)15-8-13(17)16-7-9-2-3-9/h4-6,9,15H,2-3,7-8H2,1H3,(H,16,17). The van der Waals surface area contributed by atoms with Crippen LogP contribution in [0.3, 0.4) is 0 Å². The molecule has 1 fully saturated rings. The van der Waals surface area contributed by atoms with E-state index in [0.29, 0.717) is 5.92 Å². The molecule has 0 atom stereocenters. The third-order valence-electron chi connectivity index (χ3n) is 2.89. The van der Waals surface area contributed by atoms with Crippen LogP contribution in [0.1, 0.15) is 12.8 Å². The Bertz CT molecular complexity index is 433. The van der Waals surface area contributed by atoms with Gasteiger partial charge >= 0.3 is 0 Å². The SMILES string of the molecule is COc1cc(NCC(=O)NCC2CC2)ccc1Br. The highest BCUT2D eigenvalue weighted by Gasteiger charge is 2.21. The molecule has 1 saturated carbocycles. The molecule has 2 rings (SSSR count). The number of ether oxygens (including phenoxy) is 1. The minimum atomic E-state index is 0.0313. The lowest BCUT2D eigenvalue weighted by atomic mass is 10.3. The van der Waals surface area contributed by atoms with E-state index in [2.05, 4.69) is 26.6 Å². The Labute approximate surface area is 115 Å². The molecule has 0 bridgehead atoms. The van der Waals surface area contributed by atoms with Crippen molar-refractivity contribution in [1.82, 2.24) is 5.32 Å². The van der Waals surface area contributed by atoms with E-state index < -0.39 is 0 Å². The van der Waals surface area contributed by atoms with E-state index >= 15 is 0 Å². The Hall–Kier alpha value is -1.23. The van der Waals surface area contributed by atoms with Gasteiger partial charge < -0.3 is 15.4 Å². The summed E-state index contributed by atoms with van der Waals surface area (Å²) >= 11 is 3.39. The van der Waals surface area contributed by atoms with E-state index in [4.69, 9.17) is 4.74 Å². The zero-order valence-corrected chi connectivity index (χ0v) is 11.9. The third kappa shape index (κ3) is 3.91. The fraction of sp³-hybridized carbons (Fsp3) is 0.462. The summed E-state index contributed by atoms with van der Waals surface area (Å²) in [5.74, 6) is 1.49. The highest BCUT2D eigenvalue weighted by atomic mass is 79.9. The van der Waals surface area contributed by atoms with Crippen LogP contribution in [0.5, 0.6) is 5.75 Å². The smallest absolute Gasteiger partial charge is 0.239 e. The maximum Gasteiger partial charge on any atom is 0.239 e. The molecule has 1 aromatic rings. The first kappa shape index (κ1) is 13.2. The second kappa shape index (κ2) is 6.09. The molecule has 4 nitrogen and oxygen atoms in total. The molecule has 0 heterocycles. The highest BCUT2D eigenvalue weighted by Crippen LogP contribution is 2.28. The average Bonchev–Trinajstić information content (AvgIpc) is 3.19. The molecule has 0 spiro atoms. The molecule has 5 heteroatoms. The van der Waals surface area contributed by atoms with Gasteiger partial charge in [-0.3, -0.25) is 4.79 Å². The summed E-state index contributed by atoms with van der Waals surface area (Å²) in [7, 11) is 1.62. The molecule has 0 aliphatic heterocycles. The number of rotatable bonds is 6. The lowest BCUT2D eigenvalue weighted by Crippen LogP contribution is -2.31. The monoisotopic (exact) mass is 312 g/mol. The zero-order chi connectivity index (χ0) is 13.0. The zero-order valence-electron chi connectivity index (χ0n) is 10.3. The first-order chi connectivity index (χ1) is 8.69. The van der Waals surface area contributed by atoms with Crippen LogP contribution in [0.4, 0.5) is 5.69 Å². The molecular formula is C13H17BrN2O2. The third-order valence-corrected chi connectivity index (χ3v) is 3.54. The predicted octanol–water partition coefficient (Wildman–Crippen LogP) is 2.40. The van der Waals surface area contributed by atoms with Crippen LogP contribution >= 0.6 is 15.9 Å². The van der Waals surface area contributed by atoms with Crippen molar-refractivity contribution in [1.29, 1.82) is 0 Å². The summed E-state index contributed by atoms with van der Waals surface area (Å²) in [5, 5.41) is 5.99. The van der Waals surface area contributed by atoms with Gasteiger partial charge in [-0.15, -0.1) is 0 Å². The molecule has 1 aliphatic rings. The minimum absolute atomic E-state index is 0.0313. The Kier molecular flexibility index (Phi) is 4.47. The molecule has 0 radical (unpaired) electrons. The van der Waals surface area contributed by atoms with E-state index in [9.17, 15) is 4.79 Å². The number of carbonyl (C=O) groups is 1. The summed E-state index contributed by atoms with van der Waals surface area (Å²) in [5.41, 5.74) is 0.872. The fourth-order valence-corrected chi connectivity index (χ4v) is 2.00. The number of anilines is 1. The first-order valence-electron chi connectivity index (χ1n) is 6.03. The quantitative estimate of drug-likeness (QED) is 0.848. The molecule has 0 saturated heterocycles. The van der Waals surface area contributed by atoms with Crippen LogP contribution in [0.15, 0.2) is 22.7 Å². The largest absolute Gasteiger partial charge is 0.495 e. The number of hydrogen-bond acceptors (Lipinski definition) is 3. The normalized spacial score (nSPS) is 14.1. The highest BCUT2D eigenvalue weighted by molar-refractivity contribution is 9.10. The van der Waals surface area contributed by atoms with Crippen molar-refractivity contribution in [3.05, 3.63) is 22.7 Å². The molecule has 0 aromatic heterocycles. The van der Waals surface area contributed by atoms with Gasteiger partial charge in [-0.1, -0.05) is 0 Å². The Morgan fingerprint density at radius 2 is 2.28 bits per heavy atom. The molecule has 0 unspecified atom stereocenters. The van der Waals surface area contributed by atoms with E-state index in [-0.39, 0.29) is 12.5 Å². The van der Waals surface area contributed by atoms with Gasteiger partial charge in [0.1, 0.15) is 5.75 Å². The van der Waals surface area contributed by atoms with Crippen molar-refractivity contribution < 1.29 is 9.53 Å². The summed E-state index contributed by atoms with van der Waals surface area (Å²) in [4.78, 5) is 11.6. The van der Waals surface area contributed by atoms with Crippen LogP contribution in [0.2, 0.25) is 0 Å². The molecule has 1 aromatic carbocycles. The molecule has 18 heavy (non-hydrogen) atoms. The van der Waals surface area contributed by atoms with Crippen LogP contribution in [-0.2, 0) is 4.79 Å². The number of carbonyl (C=O) groups excluding carboxylic acids is 1. The van der Waals surface area contributed by atoms with Crippen molar-refractivity contribution in [3.8, 4) is 5.75 Å². The fourth-order valence-electron chi connectivity index (χ4n) is 1.59. The van der Waals surface area contributed by atoms with Gasteiger partial charge in [0, 0.05) is 18.3 Å². The Balaban J connectivity index is 1.79. The topological polar surface area (TPSA) is 50.4 Å². The summed E-state index contributed by atoms with van der Waals surface area (Å²) in [6.07, 6.45) is 2.50. The lowest BCUT2D eigenvalue weighted by Gasteiger charge is -2.09. The van der Waals surface area contributed by atoms with Gasteiger partial charge in [0.05, 0.1) is 18.1 Å². The van der Waals surface area contributed by atoms with Crippen LogP contribution in [0.25, 0.3) is 0 Å². The van der Waals surface area contributed by atoms with E-state index in [1.807, 2.05) is 18.2 Å². The second-order valence-corrected chi connectivity index (χ2v) is 5.30. The molecule has 98 valence electrons. The average molecular weight is 313 g/mol. The maximum atomic E-state index is 11.6. The first-order valence-corrected chi connectivity index (χ1v) is 6.82. The molecule has 1 aliphatic carbocycles. The number of hydrogen-bond donors (Lipinski definition) is 2. The number of benzene rings is 1. The number of halogens is 1. The van der Waals surface area contributed by atoms with Gasteiger partial charge in [0.15, 0.2) is 0 Å². The van der Waals surface area contributed by atoms with Crippen molar-refractivity contribution in [3.63, 3.8) is 0 Å². The Morgan fingerprint density at radius 3 is 2.94 bits per heavy atom. The van der Waals surface area contributed by atoms with E-state index in [0.717, 1.165) is 22.5 Å².